The molecule has 0 aromatic rings. The van der Waals surface area contributed by atoms with Gasteiger partial charge >= 0.3 is 11.9 Å². The highest BCUT2D eigenvalue weighted by Crippen LogP contribution is 2.25. The van der Waals surface area contributed by atoms with Crippen LogP contribution < -0.4 is 0 Å². The van der Waals surface area contributed by atoms with Crippen LogP contribution in [0.1, 0.15) is 96.8 Å². The molecule has 0 aromatic carbocycles. The standard InChI is InChI=1S/C25H44O9/c1-2-3-4-5-6-7-8-9-10-11-12-13-14-15-21(29)32-18-20(28)23-24(22(30)25(31)34-23)33-17-19(27)16-26/h19-20,23,26-28,30H,2-18H2,1H3/t19?,20-,23+/m0/s1. The van der Waals surface area contributed by atoms with Crippen molar-refractivity contribution in [1.82, 2.24) is 0 Å². The number of hydrogen-bond donors (Lipinski definition) is 4. The molecule has 0 bridgehead atoms. The third-order valence-electron chi connectivity index (χ3n) is 5.81. The van der Waals surface area contributed by atoms with Crippen molar-refractivity contribution >= 4 is 11.9 Å². The summed E-state index contributed by atoms with van der Waals surface area (Å²) in [5, 5.41) is 38.1. The Morgan fingerprint density at radius 1 is 0.912 bits per heavy atom. The first-order chi connectivity index (χ1) is 16.4. The van der Waals surface area contributed by atoms with Crippen LogP contribution in [-0.4, -0.2) is 70.5 Å². The second-order valence-electron chi connectivity index (χ2n) is 8.93. The molecule has 1 unspecified atom stereocenters. The first-order valence-electron chi connectivity index (χ1n) is 12.8. The lowest BCUT2D eigenvalue weighted by Gasteiger charge is -2.20. The summed E-state index contributed by atoms with van der Waals surface area (Å²) in [6.45, 7) is 0.816. The number of hydrogen-bond acceptors (Lipinski definition) is 9. The van der Waals surface area contributed by atoms with Crippen LogP contribution in [0.25, 0.3) is 0 Å². The van der Waals surface area contributed by atoms with E-state index in [0.29, 0.717) is 6.42 Å². The molecule has 0 saturated heterocycles. The summed E-state index contributed by atoms with van der Waals surface area (Å²) in [7, 11) is 0. The van der Waals surface area contributed by atoms with Gasteiger partial charge in [-0.3, -0.25) is 4.79 Å². The molecule has 4 N–H and O–H groups in total. The Morgan fingerprint density at radius 3 is 1.97 bits per heavy atom. The van der Waals surface area contributed by atoms with Crippen LogP contribution in [0, 0.1) is 0 Å². The van der Waals surface area contributed by atoms with Crippen LogP contribution in [0.15, 0.2) is 11.5 Å². The van der Waals surface area contributed by atoms with E-state index in [-0.39, 0.29) is 12.2 Å². The second-order valence-corrected chi connectivity index (χ2v) is 8.93. The molecule has 9 nitrogen and oxygen atoms in total. The van der Waals surface area contributed by atoms with Crippen molar-refractivity contribution in [2.75, 3.05) is 19.8 Å². The van der Waals surface area contributed by atoms with Gasteiger partial charge in [0.05, 0.1) is 6.61 Å². The Balaban J connectivity index is 2.10. The van der Waals surface area contributed by atoms with Gasteiger partial charge in [0.1, 0.15) is 25.4 Å². The number of cyclic esters (lactones) is 1. The predicted molar refractivity (Wildman–Crippen MR) is 126 cm³/mol. The zero-order valence-electron chi connectivity index (χ0n) is 20.6. The molecule has 9 heteroatoms. The molecular weight excluding hydrogens is 444 g/mol. The van der Waals surface area contributed by atoms with E-state index < -0.39 is 55.8 Å². The highest BCUT2D eigenvalue weighted by Gasteiger charge is 2.41. The lowest BCUT2D eigenvalue weighted by molar-refractivity contribution is -0.155. The van der Waals surface area contributed by atoms with Crippen molar-refractivity contribution in [2.24, 2.45) is 0 Å². The van der Waals surface area contributed by atoms with E-state index >= 15 is 0 Å². The number of esters is 2. The summed E-state index contributed by atoms with van der Waals surface area (Å²) < 4.78 is 15.0. The van der Waals surface area contributed by atoms with Crippen LogP contribution in [0.5, 0.6) is 0 Å². The molecule has 34 heavy (non-hydrogen) atoms. The van der Waals surface area contributed by atoms with E-state index in [0.717, 1.165) is 12.8 Å². The largest absolute Gasteiger partial charge is 0.499 e. The lowest BCUT2D eigenvalue weighted by atomic mass is 10.0. The van der Waals surface area contributed by atoms with Gasteiger partial charge < -0.3 is 34.6 Å². The van der Waals surface area contributed by atoms with Crippen LogP contribution in [0.2, 0.25) is 0 Å². The number of carbonyl (C=O) groups is 2. The van der Waals surface area contributed by atoms with Gasteiger partial charge in [0.25, 0.3) is 0 Å². The van der Waals surface area contributed by atoms with Crippen molar-refractivity contribution < 1.29 is 44.2 Å². The molecule has 3 atom stereocenters. The average Bonchev–Trinajstić information content (AvgIpc) is 3.12. The molecule has 0 radical (unpaired) electrons. The zero-order chi connectivity index (χ0) is 25.2. The zero-order valence-corrected chi connectivity index (χ0v) is 20.6. The van der Waals surface area contributed by atoms with Gasteiger partial charge in [0, 0.05) is 6.42 Å². The molecule has 1 aliphatic heterocycles. The minimum absolute atomic E-state index is 0.238. The summed E-state index contributed by atoms with van der Waals surface area (Å²) in [6.07, 6.45) is 11.9. The maximum absolute atomic E-state index is 11.9. The topological polar surface area (TPSA) is 143 Å². The first kappa shape index (κ1) is 30.2. The van der Waals surface area contributed by atoms with Crippen LogP contribution >= 0.6 is 0 Å². The maximum Gasteiger partial charge on any atom is 0.378 e. The SMILES string of the molecule is CCCCCCCCCCCCCCCC(=O)OC[C@H](O)[C@H]1OC(=O)C(O)=C1OCC(O)CO. The molecule has 1 aliphatic rings. The smallest absolute Gasteiger partial charge is 0.378 e. The molecule has 198 valence electrons. The van der Waals surface area contributed by atoms with Gasteiger partial charge in [0.2, 0.25) is 5.76 Å². The van der Waals surface area contributed by atoms with Crippen molar-refractivity contribution in [3.63, 3.8) is 0 Å². The average molecular weight is 489 g/mol. The van der Waals surface area contributed by atoms with Gasteiger partial charge in [0.15, 0.2) is 11.9 Å². The summed E-state index contributed by atoms with van der Waals surface area (Å²) in [5.74, 6) is -2.74. The molecule has 1 rings (SSSR count). The second kappa shape index (κ2) is 18.5. The summed E-state index contributed by atoms with van der Waals surface area (Å²) >= 11 is 0. The minimum Gasteiger partial charge on any atom is -0.499 e. The Morgan fingerprint density at radius 2 is 1.44 bits per heavy atom. The molecule has 0 fully saturated rings. The minimum atomic E-state index is -1.44. The van der Waals surface area contributed by atoms with Gasteiger partial charge in [-0.15, -0.1) is 0 Å². The number of unbranched alkanes of at least 4 members (excludes halogenated alkanes) is 12. The molecule has 0 amide bonds. The Hall–Kier alpha value is -1.84. The molecule has 0 aromatic heterocycles. The number of carbonyl (C=O) groups excluding carboxylic acids is 2. The van der Waals surface area contributed by atoms with Crippen molar-refractivity contribution in [3.05, 3.63) is 11.5 Å². The summed E-state index contributed by atoms with van der Waals surface area (Å²) in [4.78, 5) is 23.5. The third-order valence-corrected chi connectivity index (χ3v) is 5.81. The normalized spacial score (nSPS) is 17.5. The van der Waals surface area contributed by atoms with Crippen LogP contribution in [-0.2, 0) is 23.8 Å². The van der Waals surface area contributed by atoms with E-state index in [2.05, 4.69) is 6.92 Å². The number of aliphatic hydroxyl groups is 4. The summed E-state index contributed by atoms with van der Waals surface area (Å²) in [6, 6.07) is 0. The highest BCUT2D eigenvalue weighted by molar-refractivity contribution is 5.89. The van der Waals surface area contributed by atoms with Gasteiger partial charge in [-0.05, 0) is 6.42 Å². The van der Waals surface area contributed by atoms with Gasteiger partial charge in [-0.25, -0.2) is 4.79 Å². The van der Waals surface area contributed by atoms with E-state index in [4.69, 9.17) is 19.3 Å². The van der Waals surface area contributed by atoms with Gasteiger partial charge in [-0.2, -0.15) is 0 Å². The molecular formula is C25H44O9. The van der Waals surface area contributed by atoms with Crippen molar-refractivity contribution in [2.45, 2.75) is 115 Å². The Labute approximate surface area is 203 Å². The maximum atomic E-state index is 11.9. The number of aliphatic hydroxyl groups excluding tert-OH is 4. The van der Waals surface area contributed by atoms with E-state index in [1.54, 1.807) is 0 Å². The monoisotopic (exact) mass is 488 g/mol. The fourth-order valence-electron chi connectivity index (χ4n) is 3.73. The fourth-order valence-corrected chi connectivity index (χ4v) is 3.73. The predicted octanol–water partition coefficient (Wildman–Crippen LogP) is 3.44. The van der Waals surface area contributed by atoms with Crippen LogP contribution in [0.3, 0.4) is 0 Å². The summed E-state index contributed by atoms with van der Waals surface area (Å²) in [5.41, 5.74) is 0. The molecule has 0 aliphatic carbocycles. The van der Waals surface area contributed by atoms with Crippen molar-refractivity contribution in [1.29, 1.82) is 0 Å². The van der Waals surface area contributed by atoms with Crippen molar-refractivity contribution in [3.8, 4) is 0 Å². The molecule has 0 saturated carbocycles. The van der Waals surface area contributed by atoms with E-state index in [1.165, 1.54) is 64.2 Å². The van der Waals surface area contributed by atoms with Gasteiger partial charge in [-0.1, -0.05) is 84.0 Å². The van der Waals surface area contributed by atoms with Crippen LogP contribution in [0.4, 0.5) is 0 Å². The number of ether oxygens (including phenoxy) is 3. The van der Waals surface area contributed by atoms with E-state index in [1.807, 2.05) is 0 Å². The highest BCUT2D eigenvalue weighted by atomic mass is 16.6. The Bertz CT molecular complexity index is 605. The van der Waals surface area contributed by atoms with E-state index in [9.17, 15) is 24.9 Å². The fraction of sp³-hybridized carbons (Fsp3) is 0.840. The lowest BCUT2D eigenvalue weighted by Crippen LogP contribution is -2.35. The first-order valence-corrected chi connectivity index (χ1v) is 12.8. The Kier molecular flexibility index (Phi) is 16.4. The molecule has 0 spiro atoms. The third kappa shape index (κ3) is 12.6. The molecule has 1 heterocycles. The number of rotatable bonds is 21. The quantitative estimate of drug-likeness (QED) is 0.141.